The summed E-state index contributed by atoms with van der Waals surface area (Å²) < 4.78 is 44.3. The van der Waals surface area contributed by atoms with E-state index in [4.69, 9.17) is 5.73 Å². The molecule has 1 heterocycles. The van der Waals surface area contributed by atoms with Crippen LogP contribution in [0.2, 0.25) is 0 Å². The smallest absolute Gasteiger partial charge is 0.349 e. The summed E-state index contributed by atoms with van der Waals surface area (Å²) in [6.45, 7) is 0. The molecule has 2 rings (SSSR count). The van der Waals surface area contributed by atoms with Gasteiger partial charge < -0.3 is 10.5 Å². The molecule has 0 atom stereocenters. The molecule has 0 fully saturated rings. The number of thiophene rings is 1. The normalized spacial score (nSPS) is 11.1. The van der Waals surface area contributed by atoms with Crippen molar-refractivity contribution in [1.82, 2.24) is 0 Å². The summed E-state index contributed by atoms with van der Waals surface area (Å²) >= 11 is 0.947. The lowest BCUT2D eigenvalue weighted by Crippen LogP contribution is -2.16. The van der Waals surface area contributed by atoms with Crippen molar-refractivity contribution in [3.8, 4) is 0 Å². The van der Waals surface area contributed by atoms with Gasteiger partial charge in [0.25, 0.3) is 10.0 Å². The Morgan fingerprint density at radius 1 is 1.38 bits per heavy atom. The number of esters is 1. The van der Waals surface area contributed by atoms with E-state index in [1.54, 1.807) is 0 Å². The maximum atomic E-state index is 13.1. The van der Waals surface area contributed by atoms with Crippen molar-refractivity contribution in [2.24, 2.45) is 0 Å². The van der Waals surface area contributed by atoms with Crippen LogP contribution < -0.4 is 10.5 Å². The molecule has 0 aliphatic heterocycles. The Balaban J connectivity index is 2.37. The predicted molar refractivity (Wildman–Crippen MR) is 77.3 cm³/mol. The SMILES string of the molecule is COC(=O)c1sccc1S(=O)(=O)Nc1ccc(F)c(N)c1. The van der Waals surface area contributed by atoms with Crippen LogP contribution in [-0.4, -0.2) is 21.5 Å². The van der Waals surface area contributed by atoms with Gasteiger partial charge >= 0.3 is 5.97 Å². The van der Waals surface area contributed by atoms with Crippen LogP contribution in [0.5, 0.6) is 0 Å². The third-order valence-corrected chi connectivity index (χ3v) is 4.98. The topological polar surface area (TPSA) is 98.5 Å². The third kappa shape index (κ3) is 3.14. The monoisotopic (exact) mass is 330 g/mol. The first-order valence-corrected chi connectivity index (χ1v) is 7.95. The van der Waals surface area contributed by atoms with Crippen LogP contribution in [0.15, 0.2) is 34.5 Å². The molecular formula is C12H11FN2O4S2. The first kappa shape index (κ1) is 15.3. The lowest BCUT2D eigenvalue weighted by atomic mass is 10.3. The highest BCUT2D eigenvalue weighted by molar-refractivity contribution is 7.93. The molecule has 0 saturated heterocycles. The fraction of sp³-hybridized carbons (Fsp3) is 0.0833. The van der Waals surface area contributed by atoms with Gasteiger partial charge in [0.15, 0.2) is 0 Å². The number of nitrogens with one attached hydrogen (secondary N) is 1. The minimum atomic E-state index is -4.00. The summed E-state index contributed by atoms with van der Waals surface area (Å²) in [4.78, 5) is 11.3. The van der Waals surface area contributed by atoms with Crippen molar-refractivity contribution in [3.05, 3.63) is 40.3 Å². The largest absolute Gasteiger partial charge is 0.465 e. The summed E-state index contributed by atoms with van der Waals surface area (Å²) in [5.41, 5.74) is 5.28. The molecule has 0 bridgehead atoms. The zero-order valence-electron chi connectivity index (χ0n) is 10.8. The van der Waals surface area contributed by atoms with E-state index in [-0.39, 0.29) is 21.1 Å². The average molecular weight is 330 g/mol. The number of hydrogen-bond acceptors (Lipinski definition) is 6. The van der Waals surface area contributed by atoms with Crippen LogP contribution in [0.25, 0.3) is 0 Å². The maximum absolute atomic E-state index is 13.1. The number of anilines is 2. The Kier molecular flexibility index (Phi) is 4.14. The van der Waals surface area contributed by atoms with Gasteiger partial charge in [-0.05, 0) is 29.6 Å². The highest BCUT2D eigenvalue weighted by atomic mass is 32.2. The molecule has 2 aromatic rings. The Morgan fingerprint density at radius 2 is 2.10 bits per heavy atom. The molecule has 0 amide bonds. The van der Waals surface area contributed by atoms with Crippen LogP contribution in [0.3, 0.4) is 0 Å². The molecule has 3 N–H and O–H groups in total. The second-order valence-corrected chi connectivity index (χ2v) is 6.51. The number of benzene rings is 1. The highest BCUT2D eigenvalue weighted by Gasteiger charge is 2.24. The van der Waals surface area contributed by atoms with Crippen LogP contribution in [0.1, 0.15) is 9.67 Å². The van der Waals surface area contributed by atoms with E-state index >= 15 is 0 Å². The molecule has 21 heavy (non-hydrogen) atoms. The average Bonchev–Trinajstić information content (AvgIpc) is 2.92. The third-order valence-electron chi connectivity index (χ3n) is 2.54. The molecule has 0 aliphatic carbocycles. The second-order valence-electron chi connectivity index (χ2n) is 3.95. The fourth-order valence-corrected chi connectivity index (χ4v) is 3.95. The molecule has 1 aromatic carbocycles. The lowest BCUT2D eigenvalue weighted by molar-refractivity contribution is 0.0602. The van der Waals surface area contributed by atoms with E-state index in [9.17, 15) is 17.6 Å². The van der Waals surface area contributed by atoms with Crippen LogP contribution in [0.4, 0.5) is 15.8 Å². The van der Waals surface area contributed by atoms with Gasteiger partial charge in [0.2, 0.25) is 0 Å². The van der Waals surface area contributed by atoms with Crippen LogP contribution in [-0.2, 0) is 14.8 Å². The van der Waals surface area contributed by atoms with Gasteiger partial charge in [-0.3, -0.25) is 4.72 Å². The first-order valence-electron chi connectivity index (χ1n) is 5.59. The number of methoxy groups -OCH3 is 1. The van der Waals surface area contributed by atoms with Crippen molar-refractivity contribution in [2.75, 3.05) is 17.6 Å². The minimum absolute atomic E-state index is 0.0416. The predicted octanol–water partition coefficient (Wildman–Crippen LogP) is 2.06. The Labute approximate surface area is 124 Å². The molecule has 0 spiro atoms. The number of sulfonamides is 1. The summed E-state index contributed by atoms with van der Waals surface area (Å²) in [7, 11) is -2.84. The van der Waals surface area contributed by atoms with E-state index in [1.165, 1.54) is 17.5 Å². The van der Waals surface area contributed by atoms with Gasteiger partial charge in [-0.2, -0.15) is 0 Å². The lowest BCUT2D eigenvalue weighted by Gasteiger charge is -2.09. The van der Waals surface area contributed by atoms with E-state index in [0.29, 0.717) is 0 Å². The van der Waals surface area contributed by atoms with Crippen LogP contribution in [0, 0.1) is 5.82 Å². The van der Waals surface area contributed by atoms with Gasteiger partial charge in [-0.15, -0.1) is 11.3 Å². The zero-order valence-corrected chi connectivity index (χ0v) is 12.4. The summed E-state index contributed by atoms with van der Waals surface area (Å²) in [5.74, 6) is -1.40. The van der Waals surface area contributed by atoms with Crippen LogP contribution >= 0.6 is 11.3 Å². The van der Waals surface area contributed by atoms with Crippen molar-refractivity contribution in [1.29, 1.82) is 0 Å². The Bertz CT molecular complexity index is 786. The number of nitrogen functional groups attached to an aromatic ring is 1. The number of rotatable bonds is 4. The van der Waals surface area contributed by atoms with Gasteiger partial charge in [-0.25, -0.2) is 17.6 Å². The van der Waals surface area contributed by atoms with E-state index in [0.717, 1.165) is 30.6 Å². The number of carbonyl (C=O) groups is 1. The van der Waals surface area contributed by atoms with Gasteiger partial charge in [0.1, 0.15) is 15.6 Å². The second kappa shape index (κ2) is 5.70. The van der Waals surface area contributed by atoms with E-state index < -0.39 is 21.8 Å². The first-order chi connectivity index (χ1) is 9.85. The molecule has 112 valence electrons. The molecule has 6 nitrogen and oxygen atoms in total. The highest BCUT2D eigenvalue weighted by Crippen LogP contribution is 2.26. The van der Waals surface area contributed by atoms with Crippen molar-refractivity contribution >= 4 is 38.7 Å². The number of halogens is 1. The Morgan fingerprint density at radius 3 is 2.71 bits per heavy atom. The standard InChI is InChI=1S/C12H11FN2O4S2/c1-19-12(16)11-10(4-5-20-11)21(17,18)15-7-2-3-8(13)9(14)6-7/h2-6,15H,14H2,1H3. The molecule has 0 aliphatic rings. The quantitative estimate of drug-likeness (QED) is 0.660. The van der Waals surface area contributed by atoms with Crippen molar-refractivity contribution < 1.29 is 22.3 Å². The number of ether oxygens (including phenoxy) is 1. The maximum Gasteiger partial charge on any atom is 0.349 e. The van der Waals surface area contributed by atoms with Gasteiger partial charge in [0, 0.05) is 0 Å². The molecule has 1 aromatic heterocycles. The number of carbonyl (C=O) groups excluding carboxylic acids is 1. The van der Waals surface area contributed by atoms with E-state index in [2.05, 4.69) is 9.46 Å². The fourth-order valence-electron chi connectivity index (χ4n) is 1.57. The molecule has 9 heteroatoms. The summed E-state index contributed by atoms with van der Waals surface area (Å²) in [6.07, 6.45) is 0. The summed E-state index contributed by atoms with van der Waals surface area (Å²) in [6, 6.07) is 4.71. The van der Waals surface area contributed by atoms with Gasteiger partial charge in [-0.1, -0.05) is 0 Å². The zero-order chi connectivity index (χ0) is 15.6. The Hall–Kier alpha value is -2.13. The molecule has 0 unspecified atom stereocenters. The van der Waals surface area contributed by atoms with Crippen molar-refractivity contribution in [2.45, 2.75) is 4.90 Å². The molecule has 0 radical (unpaired) electrons. The minimum Gasteiger partial charge on any atom is -0.465 e. The molecule has 0 saturated carbocycles. The van der Waals surface area contributed by atoms with Crippen molar-refractivity contribution in [3.63, 3.8) is 0 Å². The van der Waals surface area contributed by atoms with E-state index in [1.807, 2.05) is 0 Å². The number of nitrogens with two attached hydrogens (primary N) is 1. The number of hydrogen-bond donors (Lipinski definition) is 2. The van der Waals surface area contributed by atoms with Gasteiger partial charge in [0.05, 0.1) is 18.5 Å². The summed E-state index contributed by atoms with van der Waals surface area (Å²) in [5, 5.41) is 1.46. The molecular weight excluding hydrogens is 319 g/mol.